The van der Waals surface area contributed by atoms with Crippen molar-refractivity contribution in [2.24, 2.45) is 5.92 Å². The number of hydrogen-bond donors (Lipinski definition) is 1. The third-order valence-corrected chi connectivity index (χ3v) is 5.50. The minimum atomic E-state index is -0.520. The number of esters is 1. The second-order valence-corrected chi connectivity index (χ2v) is 9.34. The van der Waals surface area contributed by atoms with Crippen LogP contribution in [-0.2, 0) is 20.9 Å². The van der Waals surface area contributed by atoms with Crippen LogP contribution in [0.4, 0.5) is 15.6 Å². The standard InChI is InChI=1S/C22H29N3O4S/c1-15-5-7-17(8-6-15)23-20-24-18(14-30-20)13-28-19(26)16-9-11-25(12-10-16)21(27)29-22(2,3)4/h5-8,14,16H,9-13H2,1-4H3,(H,23,24). The first-order valence-corrected chi connectivity index (χ1v) is 11.0. The van der Waals surface area contributed by atoms with Gasteiger partial charge in [0.15, 0.2) is 5.13 Å². The molecule has 162 valence electrons. The van der Waals surface area contributed by atoms with Gasteiger partial charge in [0, 0.05) is 24.2 Å². The molecule has 1 aliphatic rings. The third kappa shape index (κ3) is 6.45. The van der Waals surface area contributed by atoms with Crippen molar-refractivity contribution in [3.05, 3.63) is 40.9 Å². The van der Waals surface area contributed by atoms with Crippen molar-refractivity contribution >= 4 is 34.2 Å². The predicted octanol–water partition coefficient (Wildman–Crippen LogP) is 4.89. The Morgan fingerprint density at radius 2 is 1.87 bits per heavy atom. The highest BCUT2D eigenvalue weighted by molar-refractivity contribution is 7.13. The van der Waals surface area contributed by atoms with Crippen molar-refractivity contribution in [2.45, 2.75) is 52.7 Å². The van der Waals surface area contributed by atoms with Crippen LogP contribution >= 0.6 is 11.3 Å². The number of hydrogen-bond acceptors (Lipinski definition) is 7. The molecule has 30 heavy (non-hydrogen) atoms. The zero-order chi connectivity index (χ0) is 21.7. The van der Waals surface area contributed by atoms with E-state index in [2.05, 4.69) is 10.3 Å². The van der Waals surface area contributed by atoms with Crippen molar-refractivity contribution in [1.82, 2.24) is 9.88 Å². The largest absolute Gasteiger partial charge is 0.459 e. The van der Waals surface area contributed by atoms with Gasteiger partial charge in [-0.3, -0.25) is 4.79 Å². The van der Waals surface area contributed by atoms with Crippen LogP contribution in [0.3, 0.4) is 0 Å². The van der Waals surface area contributed by atoms with E-state index in [-0.39, 0.29) is 24.6 Å². The van der Waals surface area contributed by atoms with E-state index in [1.54, 1.807) is 4.90 Å². The first kappa shape index (κ1) is 22.1. The molecule has 0 unspecified atom stereocenters. The molecule has 7 nitrogen and oxygen atoms in total. The molecule has 0 aliphatic carbocycles. The quantitative estimate of drug-likeness (QED) is 0.679. The van der Waals surface area contributed by atoms with E-state index in [4.69, 9.17) is 9.47 Å². The fourth-order valence-corrected chi connectivity index (χ4v) is 3.79. The molecule has 0 radical (unpaired) electrons. The summed E-state index contributed by atoms with van der Waals surface area (Å²) >= 11 is 1.47. The van der Waals surface area contributed by atoms with Crippen molar-refractivity contribution in [3.63, 3.8) is 0 Å². The number of benzene rings is 1. The van der Waals surface area contributed by atoms with Gasteiger partial charge in [0.05, 0.1) is 11.6 Å². The Morgan fingerprint density at radius 3 is 2.50 bits per heavy atom. The predicted molar refractivity (Wildman–Crippen MR) is 117 cm³/mol. The van der Waals surface area contributed by atoms with Crippen LogP contribution in [0.25, 0.3) is 0 Å². The third-order valence-electron chi connectivity index (χ3n) is 4.70. The van der Waals surface area contributed by atoms with Gasteiger partial charge in [0.1, 0.15) is 12.2 Å². The highest BCUT2D eigenvalue weighted by Gasteiger charge is 2.30. The summed E-state index contributed by atoms with van der Waals surface area (Å²) in [6.45, 7) is 8.71. The first-order valence-electron chi connectivity index (χ1n) is 10.1. The van der Waals surface area contributed by atoms with Crippen molar-refractivity contribution in [2.75, 3.05) is 18.4 Å². The number of piperidine rings is 1. The Morgan fingerprint density at radius 1 is 1.20 bits per heavy atom. The number of thiazole rings is 1. The van der Waals surface area contributed by atoms with Gasteiger partial charge >= 0.3 is 12.1 Å². The number of rotatable bonds is 5. The lowest BCUT2D eigenvalue weighted by molar-refractivity contribution is -0.151. The summed E-state index contributed by atoms with van der Waals surface area (Å²) in [5.41, 5.74) is 2.36. The smallest absolute Gasteiger partial charge is 0.410 e. The fraction of sp³-hybridized carbons (Fsp3) is 0.500. The fourth-order valence-electron chi connectivity index (χ4n) is 3.08. The number of aryl methyl sites for hydroxylation is 1. The molecule has 8 heteroatoms. The summed E-state index contributed by atoms with van der Waals surface area (Å²) < 4.78 is 10.9. The molecule has 3 rings (SSSR count). The van der Waals surface area contributed by atoms with Gasteiger partial charge in [-0.25, -0.2) is 9.78 Å². The van der Waals surface area contributed by atoms with E-state index in [0.29, 0.717) is 31.6 Å². The minimum absolute atomic E-state index is 0.150. The zero-order valence-corrected chi connectivity index (χ0v) is 18.8. The molecule has 1 aliphatic heterocycles. The molecule has 2 heterocycles. The van der Waals surface area contributed by atoms with Gasteiger partial charge in [-0.1, -0.05) is 17.7 Å². The number of nitrogens with one attached hydrogen (secondary N) is 1. The number of carbonyl (C=O) groups excluding carboxylic acids is 2. The molecule has 1 N–H and O–H groups in total. The second kappa shape index (κ2) is 9.47. The van der Waals surface area contributed by atoms with Gasteiger partial charge < -0.3 is 19.7 Å². The molecule has 0 bridgehead atoms. The highest BCUT2D eigenvalue weighted by atomic mass is 32.1. The minimum Gasteiger partial charge on any atom is -0.459 e. The molecule has 2 aromatic rings. The van der Waals surface area contributed by atoms with E-state index >= 15 is 0 Å². The molecule has 1 saturated heterocycles. The van der Waals surface area contributed by atoms with Crippen molar-refractivity contribution in [1.29, 1.82) is 0 Å². The van der Waals surface area contributed by atoms with Gasteiger partial charge in [-0.15, -0.1) is 11.3 Å². The SMILES string of the molecule is Cc1ccc(Nc2nc(COC(=O)C3CCN(C(=O)OC(C)(C)C)CC3)cs2)cc1. The normalized spacial score (nSPS) is 15.0. The van der Waals surface area contributed by atoms with E-state index in [0.717, 1.165) is 10.8 Å². The van der Waals surface area contributed by atoms with E-state index in [1.807, 2.05) is 57.3 Å². The average Bonchev–Trinajstić information content (AvgIpc) is 3.14. The van der Waals surface area contributed by atoms with Crippen molar-refractivity contribution in [3.8, 4) is 0 Å². The van der Waals surface area contributed by atoms with Crippen LogP contribution in [0.1, 0.15) is 44.9 Å². The molecular weight excluding hydrogens is 402 g/mol. The lowest BCUT2D eigenvalue weighted by atomic mass is 9.97. The Bertz CT molecular complexity index is 865. The highest BCUT2D eigenvalue weighted by Crippen LogP contribution is 2.24. The molecule has 1 aromatic carbocycles. The van der Waals surface area contributed by atoms with Crippen LogP contribution in [0.2, 0.25) is 0 Å². The summed E-state index contributed by atoms with van der Waals surface area (Å²) in [7, 11) is 0. The number of ether oxygens (including phenoxy) is 2. The summed E-state index contributed by atoms with van der Waals surface area (Å²) in [4.78, 5) is 30.7. The Labute approximate surface area is 181 Å². The number of aromatic nitrogens is 1. The van der Waals surface area contributed by atoms with Gasteiger partial charge in [0.25, 0.3) is 0 Å². The topological polar surface area (TPSA) is 80.8 Å². The van der Waals surface area contributed by atoms with Crippen LogP contribution in [-0.4, -0.2) is 40.6 Å². The monoisotopic (exact) mass is 431 g/mol. The lowest BCUT2D eigenvalue weighted by Gasteiger charge is -2.32. The zero-order valence-electron chi connectivity index (χ0n) is 17.9. The summed E-state index contributed by atoms with van der Waals surface area (Å²) in [5, 5.41) is 5.90. The summed E-state index contributed by atoms with van der Waals surface area (Å²) in [6, 6.07) is 8.07. The lowest BCUT2D eigenvalue weighted by Crippen LogP contribution is -2.43. The summed E-state index contributed by atoms with van der Waals surface area (Å²) in [5.74, 6) is -0.438. The van der Waals surface area contributed by atoms with E-state index in [1.165, 1.54) is 16.9 Å². The van der Waals surface area contributed by atoms with Crippen LogP contribution in [0.5, 0.6) is 0 Å². The molecular formula is C22H29N3O4S. The Kier molecular flexibility index (Phi) is 6.97. The Balaban J connectivity index is 1.42. The number of carbonyl (C=O) groups is 2. The molecule has 0 spiro atoms. The van der Waals surface area contributed by atoms with Gasteiger partial charge in [0.2, 0.25) is 0 Å². The van der Waals surface area contributed by atoms with Crippen LogP contribution in [0.15, 0.2) is 29.6 Å². The second-order valence-electron chi connectivity index (χ2n) is 8.48. The number of likely N-dealkylation sites (tertiary alicyclic amines) is 1. The molecule has 1 fully saturated rings. The summed E-state index contributed by atoms with van der Waals surface area (Å²) in [6.07, 6.45) is 0.829. The number of nitrogens with zero attached hydrogens (tertiary/aromatic N) is 2. The molecule has 0 atom stereocenters. The number of anilines is 2. The maximum atomic E-state index is 12.4. The number of amides is 1. The van der Waals surface area contributed by atoms with Crippen molar-refractivity contribution < 1.29 is 19.1 Å². The molecule has 1 amide bonds. The maximum absolute atomic E-state index is 12.4. The molecule has 0 saturated carbocycles. The first-order chi connectivity index (χ1) is 14.2. The van der Waals surface area contributed by atoms with Gasteiger partial charge in [-0.2, -0.15) is 0 Å². The van der Waals surface area contributed by atoms with Crippen LogP contribution < -0.4 is 5.32 Å². The maximum Gasteiger partial charge on any atom is 0.410 e. The molecule has 1 aromatic heterocycles. The average molecular weight is 432 g/mol. The van der Waals surface area contributed by atoms with E-state index < -0.39 is 5.60 Å². The van der Waals surface area contributed by atoms with Crippen LogP contribution in [0, 0.1) is 12.8 Å². The van der Waals surface area contributed by atoms with E-state index in [9.17, 15) is 9.59 Å². The van der Waals surface area contributed by atoms with Gasteiger partial charge in [-0.05, 0) is 52.7 Å². The Hall–Kier alpha value is -2.61.